The fourth-order valence-corrected chi connectivity index (χ4v) is 2.10. The van der Waals surface area contributed by atoms with Crippen LogP contribution in [0.15, 0.2) is 29.0 Å². The summed E-state index contributed by atoms with van der Waals surface area (Å²) in [6, 6.07) is 5.06. The molecule has 0 bridgehead atoms. The number of aryl methyl sites for hydroxylation is 1. The Balaban J connectivity index is 2.00. The first-order valence-electron chi connectivity index (χ1n) is 5.73. The highest BCUT2D eigenvalue weighted by Crippen LogP contribution is 2.26. The number of nitriles is 1. The monoisotopic (exact) mass is 322 g/mol. The van der Waals surface area contributed by atoms with Gasteiger partial charge in [0, 0.05) is 12.7 Å². The van der Waals surface area contributed by atoms with Gasteiger partial charge in [0.1, 0.15) is 6.07 Å². The third kappa shape index (κ3) is 3.12. The van der Waals surface area contributed by atoms with Crippen molar-refractivity contribution in [1.82, 2.24) is 9.78 Å². The number of rotatable bonds is 4. The number of aromatic nitrogens is 2. The van der Waals surface area contributed by atoms with Crippen LogP contribution < -0.4 is 5.32 Å². The topological polar surface area (TPSA) is 53.6 Å². The molecule has 98 valence electrons. The molecule has 0 saturated heterocycles. The lowest BCUT2D eigenvalue weighted by molar-refractivity contribution is 0.613. The van der Waals surface area contributed by atoms with Crippen LogP contribution in [0.2, 0.25) is 0 Å². The first kappa shape index (κ1) is 13.6. The minimum Gasteiger partial charge on any atom is -0.381 e. The molecule has 2 rings (SSSR count). The average Bonchev–Trinajstić information content (AvgIpc) is 2.81. The number of nitrogens with zero attached hydrogens (tertiary/aromatic N) is 3. The van der Waals surface area contributed by atoms with E-state index in [1.165, 1.54) is 0 Å². The Labute approximate surface area is 119 Å². The fourth-order valence-electron chi connectivity index (χ4n) is 1.67. The molecule has 1 aromatic heterocycles. The summed E-state index contributed by atoms with van der Waals surface area (Å²) in [6.07, 6.45) is 3.70. The second-order valence-corrected chi connectivity index (χ2v) is 4.90. The van der Waals surface area contributed by atoms with Gasteiger partial charge in [0.15, 0.2) is 5.82 Å². The maximum atomic E-state index is 13.9. The number of halogens is 2. The van der Waals surface area contributed by atoms with E-state index >= 15 is 0 Å². The summed E-state index contributed by atoms with van der Waals surface area (Å²) < 4.78 is 15.9. The summed E-state index contributed by atoms with van der Waals surface area (Å²) >= 11 is 3.08. The molecule has 1 aromatic carbocycles. The van der Waals surface area contributed by atoms with E-state index in [-0.39, 0.29) is 10.0 Å². The third-order valence-electron chi connectivity index (χ3n) is 2.62. The molecule has 0 amide bonds. The zero-order chi connectivity index (χ0) is 13.8. The molecule has 0 aliphatic carbocycles. The molecular formula is C13H12BrFN4. The molecule has 0 unspecified atom stereocenters. The van der Waals surface area contributed by atoms with Gasteiger partial charge in [-0.25, -0.2) is 4.39 Å². The first-order valence-corrected chi connectivity index (χ1v) is 6.52. The Morgan fingerprint density at radius 2 is 2.32 bits per heavy atom. The van der Waals surface area contributed by atoms with E-state index in [2.05, 4.69) is 26.3 Å². The molecule has 0 aliphatic heterocycles. The molecule has 1 N–H and O–H groups in total. The van der Waals surface area contributed by atoms with Crippen molar-refractivity contribution in [1.29, 1.82) is 5.26 Å². The van der Waals surface area contributed by atoms with Crippen molar-refractivity contribution >= 4 is 21.6 Å². The van der Waals surface area contributed by atoms with Gasteiger partial charge >= 0.3 is 0 Å². The third-order valence-corrected chi connectivity index (χ3v) is 3.40. The van der Waals surface area contributed by atoms with Crippen LogP contribution >= 0.6 is 15.9 Å². The summed E-state index contributed by atoms with van der Waals surface area (Å²) in [7, 11) is 0. The largest absolute Gasteiger partial charge is 0.381 e. The lowest BCUT2D eigenvalue weighted by Gasteiger charge is -2.09. The van der Waals surface area contributed by atoms with Crippen LogP contribution in [-0.4, -0.2) is 16.3 Å². The van der Waals surface area contributed by atoms with Crippen molar-refractivity contribution in [3.05, 3.63) is 45.9 Å². The summed E-state index contributed by atoms with van der Waals surface area (Å²) in [6.45, 7) is 3.16. The van der Waals surface area contributed by atoms with Crippen LogP contribution in [0.25, 0.3) is 0 Å². The molecule has 2 aromatic rings. The standard InChI is InChI=1S/C13H12BrFN4/c1-9-7-18-19(8-9)5-4-17-11-3-2-10(6-16)12(14)13(11)15/h2-3,7-8,17H,4-5H2,1H3. The zero-order valence-electron chi connectivity index (χ0n) is 10.3. The van der Waals surface area contributed by atoms with E-state index in [4.69, 9.17) is 5.26 Å². The zero-order valence-corrected chi connectivity index (χ0v) is 11.9. The lowest BCUT2D eigenvalue weighted by atomic mass is 10.2. The number of hydrogen-bond acceptors (Lipinski definition) is 3. The van der Waals surface area contributed by atoms with Crippen molar-refractivity contribution in [3.63, 3.8) is 0 Å². The molecule has 0 spiro atoms. The lowest BCUT2D eigenvalue weighted by Crippen LogP contribution is -2.12. The summed E-state index contributed by atoms with van der Waals surface area (Å²) in [5.41, 5.74) is 1.74. The number of hydrogen-bond donors (Lipinski definition) is 1. The number of benzene rings is 1. The van der Waals surface area contributed by atoms with Crippen LogP contribution in [0.5, 0.6) is 0 Å². The molecule has 19 heavy (non-hydrogen) atoms. The highest BCUT2D eigenvalue weighted by Gasteiger charge is 2.10. The van der Waals surface area contributed by atoms with Gasteiger partial charge in [-0.05, 0) is 40.5 Å². The Bertz CT molecular complexity index is 630. The van der Waals surface area contributed by atoms with Crippen LogP contribution in [0, 0.1) is 24.1 Å². The molecule has 0 aliphatic rings. The molecule has 0 radical (unpaired) electrons. The summed E-state index contributed by atoms with van der Waals surface area (Å²) in [5, 5.41) is 15.9. The van der Waals surface area contributed by atoms with Crippen molar-refractivity contribution in [2.45, 2.75) is 13.5 Å². The molecule has 6 heteroatoms. The van der Waals surface area contributed by atoms with Gasteiger partial charge in [-0.1, -0.05) is 0 Å². The Morgan fingerprint density at radius 1 is 1.53 bits per heavy atom. The van der Waals surface area contributed by atoms with E-state index < -0.39 is 5.82 Å². The second-order valence-electron chi connectivity index (χ2n) is 4.11. The van der Waals surface area contributed by atoms with Gasteiger partial charge in [0.05, 0.1) is 28.5 Å². The van der Waals surface area contributed by atoms with Crippen molar-refractivity contribution in [2.75, 3.05) is 11.9 Å². The van der Waals surface area contributed by atoms with Crippen LogP contribution in [0.1, 0.15) is 11.1 Å². The molecule has 0 atom stereocenters. The summed E-state index contributed by atoms with van der Waals surface area (Å²) in [4.78, 5) is 0. The van der Waals surface area contributed by atoms with Gasteiger partial charge in [0.2, 0.25) is 0 Å². The van der Waals surface area contributed by atoms with E-state index in [0.717, 1.165) is 5.56 Å². The predicted molar refractivity (Wildman–Crippen MR) is 74.3 cm³/mol. The minimum atomic E-state index is -0.448. The van der Waals surface area contributed by atoms with E-state index in [0.29, 0.717) is 18.8 Å². The first-order chi connectivity index (χ1) is 9.11. The molecule has 4 nitrogen and oxygen atoms in total. The van der Waals surface area contributed by atoms with Crippen molar-refractivity contribution in [3.8, 4) is 6.07 Å². The molecular weight excluding hydrogens is 311 g/mol. The van der Waals surface area contributed by atoms with Crippen LogP contribution in [0.3, 0.4) is 0 Å². The molecule has 0 saturated carbocycles. The fraction of sp³-hybridized carbons (Fsp3) is 0.231. The normalized spacial score (nSPS) is 10.2. The highest BCUT2D eigenvalue weighted by atomic mass is 79.9. The maximum absolute atomic E-state index is 13.9. The second kappa shape index (κ2) is 5.85. The van der Waals surface area contributed by atoms with Gasteiger partial charge in [-0.15, -0.1) is 0 Å². The minimum absolute atomic E-state index is 0.190. The van der Waals surface area contributed by atoms with Crippen molar-refractivity contribution in [2.24, 2.45) is 0 Å². The van der Waals surface area contributed by atoms with E-state index in [1.54, 1.807) is 23.0 Å². The Morgan fingerprint density at radius 3 is 2.95 bits per heavy atom. The van der Waals surface area contributed by atoms with Gasteiger partial charge in [-0.2, -0.15) is 10.4 Å². The average molecular weight is 323 g/mol. The van der Waals surface area contributed by atoms with Gasteiger partial charge in [-0.3, -0.25) is 4.68 Å². The Hall–Kier alpha value is -1.87. The van der Waals surface area contributed by atoms with Crippen molar-refractivity contribution < 1.29 is 4.39 Å². The molecule has 0 fully saturated rings. The van der Waals surface area contributed by atoms with Gasteiger partial charge < -0.3 is 5.32 Å². The molecule has 1 heterocycles. The predicted octanol–water partition coefficient (Wildman–Crippen LogP) is 3.08. The maximum Gasteiger partial charge on any atom is 0.161 e. The summed E-state index contributed by atoms with van der Waals surface area (Å²) in [5.74, 6) is -0.448. The van der Waals surface area contributed by atoms with E-state index in [9.17, 15) is 4.39 Å². The Kier molecular flexibility index (Phi) is 4.17. The number of anilines is 1. The SMILES string of the molecule is Cc1cnn(CCNc2ccc(C#N)c(Br)c2F)c1. The quantitative estimate of drug-likeness (QED) is 0.941. The highest BCUT2D eigenvalue weighted by molar-refractivity contribution is 9.10. The smallest absolute Gasteiger partial charge is 0.161 e. The van der Waals surface area contributed by atoms with Crippen LogP contribution in [0.4, 0.5) is 10.1 Å². The number of nitrogens with one attached hydrogen (secondary N) is 1. The van der Waals surface area contributed by atoms with E-state index in [1.807, 2.05) is 19.2 Å². The van der Waals surface area contributed by atoms with Crippen LogP contribution in [-0.2, 0) is 6.54 Å². The van der Waals surface area contributed by atoms with Gasteiger partial charge in [0.25, 0.3) is 0 Å².